The van der Waals surface area contributed by atoms with E-state index in [9.17, 15) is 18.0 Å². The molecule has 3 N–H and O–H groups in total. The average Bonchev–Trinajstić information content (AvgIpc) is 2.92. The Morgan fingerprint density at radius 3 is 2.48 bits per heavy atom. The summed E-state index contributed by atoms with van der Waals surface area (Å²) in [6, 6.07) is 2.38. The summed E-state index contributed by atoms with van der Waals surface area (Å²) in [4.78, 5) is 23.7. The Balaban J connectivity index is 1.89. The quantitative estimate of drug-likeness (QED) is 0.753. The molecule has 1 aliphatic heterocycles. The Bertz CT molecular complexity index is 606. The Hall–Kier alpha value is -1.49. The summed E-state index contributed by atoms with van der Waals surface area (Å²) in [5.74, 6) is -0.489. The van der Waals surface area contributed by atoms with E-state index in [2.05, 4.69) is 0 Å². The number of thiophene rings is 1. The van der Waals surface area contributed by atoms with E-state index >= 15 is 0 Å². The van der Waals surface area contributed by atoms with Crippen molar-refractivity contribution in [2.45, 2.75) is 4.21 Å². The van der Waals surface area contributed by atoms with Crippen molar-refractivity contribution in [3.8, 4) is 0 Å². The monoisotopic (exact) mass is 332 g/mol. The molecule has 0 radical (unpaired) electrons. The highest BCUT2D eigenvalue weighted by atomic mass is 32.2. The maximum absolute atomic E-state index is 12.3. The van der Waals surface area contributed by atoms with Crippen LogP contribution in [0.2, 0.25) is 0 Å². The number of hydrogen-bond donors (Lipinski definition) is 2. The first-order valence-corrected chi connectivity index (χ1v) is 8.57. The minimum Gasteiger partial charge on any atom is -0.351 e. The number of piperazine rings is 1. The zero-order valence-corrected chi connectivity index (χ0v) is 12.8. The van der Waals surface area contributed by atoms with Gasteiger partial charge in [-0.05, 0) is 11.4 Å². The van der Waals surface area contributed by atoms with Gasteiger partial charge in [-0.2, -0.15) is 4.31 Å². The molecule has 0 spiro atoms. The van der Waals surface area contributed by atoms with Crippen LogP contribution < -0.4 is 11.1 Å². The highest BCUT2D eigenvalue weighted by molar-refractivity contribution is 7.91. The number of nitrogens with two attached hydrogens (primary N) is 1. The van der Waals surface area contributed by atoms with Crippen LogP contribution >= 0.6 is 11.3 Å². The molecule has 21 heavy (non-hydrogen) atoms. The van der Waals surface area contributed by atoms with Crippen LogP contribution in [-0.4, -0.2) is 62.3 Å². The zero-order valence-electron chi connectivity index (χ0n) is 11.2. The number of nitrogens with zero attached hydrogens (tertiary/aromatic N) is 2. The SMILES string of the molecule is NC(=O)NC(=O)CN1CCN(S(=O)(=O)c2cccs2)CC1. The molecule has 2 rings (SSSR count). The van der Waals surface area contributed by atoms with E-state index in [4.69, 9.17) is 5.73 Å². The average molecular weight is 332 g/mol. The fraction of sp³-hybridized carbons (Fsp3) is 0.455. The molecule has 0 saturated carbocycles. The first-order chi connectivity index (χ1) is 9.89. The molecule has 2 heterocycles. The lowest BCUT2D eigenvalue weighted by Crippen LogP contribution is -2.51. The third kappa shape index (κ3) is 4.00. The fourth-order valence-corrected chi connectivity index (χ4v) is 4.61. The number of carbonyl (C=O) groups excluding carboxylic acids is 2. The molecular formula is C11H16N4O4S2. The molecule has 1 aliphatic rings. The van der Waals surface area contributed by atoms with Crippen LogP contribution in [0.1, 0.15) is 0 Å². The number of amides is 3. The highest BCUT2D eigenvalue weighted by Crippen LogP contribution is 2.21. The maximum atomic E-state index is 12.3. The fourth-order valence-electron chi connectivity index (χ4n) is 2.05. The molecule has 8 nitrogen and oxygen atoms in total. The number of primary amides is 1. The van der Waals surface area contributed by atoms with Crippen LogP contribution in [0, 0.1) is 0 Å². The van der Waals surface area contributed by atoms with Crippen LogP contribution in [-0.2, 0) is 14.8 Å². The molecule has 0 atom stereocenters. The van der Waals surface area contributed by atoms with Crippen LogP contribution in [0.5, 0.6) is 0 Å². The normalized spacial score (nSPS) is 17.5. The molecule has 0 aliphatic carbocycles. The highest BCUT2D eigenvalue weighted by Gasteiger charge is 2.29. The number of nitrogens with one attached hydrogen (secondary N) is 1. The van der Waals surface area contributed by atoms with Crippen molar-refractivity contribution in [3.05, 3.63) is 17.5 Å². The maximum Gasteiger partial charge on any atom is 0.318 e. The minimum absolute atomic E-state index is 0.0236. The van der Waals surface area contributed by atoms with E-state index in [0.717, 1.165) is 0 Å². The van der Waals surface area contributed by atoms with Crippen molar-refractivity contribution >= 4 is 33.3 Å². The first kappa shape index (κ1) is 15.9. The van der Waals surface area contributed by atoms with Gasteiger partial charge in [-0.3, -0.25) is 15.0 Å². The lowest BCUT2D eigenvalue weighted by molar-refractivity contribution is -0.121. The molecular weight excluding hydrogens is 316 g/mol. The van der Waals surface area contributed by atoms with Crippen molar-refractivity contribution in [2.75, 3.05) is 32.7 Å². The number of hydrogen-bond acceptors (Lipinski definition) is 6. The number of imide groups is 1. The molecule has 3 amide bonds. The van der Waals surface area contributed by atoms with Gasteiger partial charge in [0.15, 0.2) is 0 Å². The lowest BCUT2D eigenvalue weighted by Gasteiger charge is -2.33. The second-order valence-corrected chi connectivity index (χ2v) is 7.64. The smallest absolute Gasteiger partial charge is 0.318 e. The van der Waals surface area contributed by atoms with E-state index in [1.165, 1.54) is 15.6 Å². The number of rotatable bonds is 4. The zero-order chi connectivity index (χ0) is 15.5. The Morgan fingerprint density at radius 1 is 1.29 bits per heavy atom. The van der Waals surface area contributed by atoms with Gasteiger partial charge in [-0.1, -0.05) is 6.07 Å². The third-order valence-electron chi connectivity index (χ3n) is 3.05. The largest absolute Gasteiger partial charge is 0.351 e. The first-order valence-electron chi connectivity index (χ1n) is 6.25. The van der Waals surface area contributed by atoms with Crippen LogP contribution in [0.25, 0.3) is 0 Å². The van der Waals surface area contributed by atoms with Crippen molar-refractivity contribution in [3.63, 3.8) is 0 Å². The van der Waals surface area contributed by atoms with Crippen LogP contribution in [0.4, 0.5) is 4.79 Å². The van der Waals surface area contributed by atoms with Crippen LogP contribution in [0.15, 0.2) is 21.7 Å². The topological polar surface area (TPSA) is 113 Å². The van der Waals surface area contributed by atoms with E-state index in [-0.39, 0.29) is 6.54 Å². The van der Waals surface area contributed by atoms with E-state index in [0.29, 0.717) is 30.4 Å². The summed E-state index contributed by atoms with van der Waals surface area (Å²) in [6.07, 6.45) is 0. The number of urea groups is 1. The Morgan fingerprint density at radius 2 is 1.95 bits per heavy atom. The molecule has 1 fully saturated rings. The molecule has 1 aromatic rings. The molecule has 116 valence electrons. The molecule has 1 saturated heterocycles. The Kier molecular flexibility index (Phi) is 4.93. The summed E-state index contributed by atoms with van der Waals surface area (Å²) in [5, 5.41) is 3.70. The van der Waals surface area contributed by atoms with E-state index < -0.39 is 22.0 Å². The standard InChI is InChI=1S/C11H16N4O4S2/c12-11(17)13-9(16)8-14-3-5-15(6-4-14)21(18,19)10-2-1-7-20-10/h1-2,7H,3-6,8H2,(H3,12,13,16,17). The van der Waals surface area contributed by atoms with Crippen LogP contribution in [0.3, 0.4) is 0 Å². The molecule has 0 unspecified atom stereocenters. The van der Waals surface area contributed by atoms with Crippen molar-refractivity contribution < 1.29 is 18.0 Å². The van der Waals surface area contributed by atoms with Gasteiger partial charge in [0.1, 0.15) is 4.21 Å². The van der Waals surface area contributed by atoms with E-state index in [1.807, 2.05) is 5.32 Å². The molecule has 10 heteroatoms. The van der Waals surface area contributed by atoms with Gasteiger partial charge >= 0.3 is 6.03 Å². The van der Waals surface area contributed by atoms with Gasteiger partial charge < -0.3 is 5.73 Å². The van der Waals surface area contributed by atoms with Gasteiger partial charge in [-0.25, -0.2) is 13.2 Å². The number of carbonyl (C=O) groups is 2. The summed E-state index contributed by atoms with van der Waals surface area (Å²) in [5.41, 5.74) is 4.86. The molecule has 0 bridgehead atoms. The van der Waals surface area contributed by atoms with Gasteiger partial charge in [0.2, 0.25) is 5.91 Å². The third-order valence-corrected chi connectivity index (χ3v) is 6.32. The molecule has 0 aromatic carbocycles. The minimum atomic E-state index is -3.44. The predicted octanol–water partition coefficient (Wildman–Crippen LogP) is -0.751. The van der Waals surface area contributed by atoms with Gasteiger partial charge in [0.25, 0.3) is 10.0 Å². The summed E-state index contributed by atoms with van der Waals surface area (Å²) >= 11 is 1.18. The lowest BCUT2D eigenvalue weighted by atomic mass is 10.3. The predicted molar refractivity (Wildman–Crippen MR) is 77.2 cm³/mol. The van der Waals surface area contributed by atoms with Gasteiger partial charge in [0, 0.05) is 26.2 Å². The summed E-state index contributed by atoms with van der Waals surface area (Å²) in [7, 11) is -3.44. The van der Waals surface area contributed by atoms with Crippen molar-refractivity contribution in [1.82, 2.24) is 14.5 Å². The molecule has 1 aromatic heterocycles. The summed E-state index contributed by atoms with van der Waals surface area (Å²) in [6.45, 7) is 1.50. The van der Waals surface area contributed by atoms with E-state index in [1.54, 1.807) is 22.4 Å². The second-order valence-electron chi connectivity index (χ2n) is 4.52. The number of sulfonamides is 1. The summed E-state index contributed by atoms with van der Waals surface area (Å²) < 4.78 is 26.3. The van der Waals surface area contributed by atoms with Crippen molar-refractivity contribution in [1.29, 1.82) is 0 Å². The second kappa shape index (κ2) is 6.52. The Labute approximate surface area is 126 Å². The van der Waals surface area contributed by atoms with Gasteiger partial charge in [0.05, 0.1) is 6.54 Å². The van der Waals surface area contributed by atoms with Gasteiger partial charge in [-0.15, -0.1) is 11.3 Å². The van der Waals surface area contributed by atoms with Crippen molar-refractivity contribution in [2.24, 2.45) is 5.73 Å².